The highest BCUT2D eigenvalue weighted by Crippen LogP contribution is 2.33. The number of benzene rings is 1. The summed E-state index contributed by atoms with van der Waals surface area (Å²) in [5, 5.41) is 12.3. The lowest BCUT2D eigenvalue weighted by Gasteiger charge is -2.16. The van der Waals surface area contributed by atoms with Gasteiger partial charge in [-0.15, -0.1) is 5.10 Å². The van der Waals surface area contributed by atoms with Crippen molar-refractivity contribution in [1.82, 2.24) is 20.2 Å². The Kier molecular flexibility index (Phi) is 3.67. The number of rotatable bonds is 2. The van der Waals surface area contributed by atoms with Gasteiger partial charge < -0.3 is 5.73 Å². The lowest BCUT2D eigenvalue weighted by Crippen LogP contribution is -2.12. The first-order valence-electron chi connectivity index (χ1n) is 7.38. The summed E-state index contributed by atoms with van der Waals surface area (Å²) in [5.41, 5.74) is 7.71. The molecule has 1 aliphatic carbocycles. The molecule has 0 spiro atoms. The summed E-state index contributed by atoms with van der Waals surface area (Å²) in [5.74, 6) is 1.60. The van der Waals surface area contributed by atoms with Crippen LogP contribution in [0.1, 0.15) is 45.1 Å². The van der Waals surface area contributed by atoms with Crippen LogP contribution in [0.15, 0.2) is 24.3 Å². The second-order valence-electron chi connectivity index (χ2n) is 5.80. The normalized spacial score (nSPS) is 23.4. The molecule has 1 aliphatic rings. The molecular weight excluding hydrogens is 250 g/mol. The highest BCUT2D eigenvalue weighted by molar-refractivity contribution is 5.71. The van der Waals surface area contributed by atoms with E-state index in [2.05, 4.69) is 22.4 Å². The second-order valence-corrected chi connectivity index (χ2v) is 5.80. The van der Waals surface area contributed by atoms with E-state index in [0.29, 0.717) is 6.04 Å². The van der Waals surface area contributed by atoms with E-state index in [9.17, 15) is 0 Å². The first kappa shape index (κ1) is 13.1. The van der Waals surface area contributed by atoms with Crippen molar-refractivity contribution in [3.05, 3.63) is 24.3 Å². The van der Waals surface area contributed by atoms with E-state index in [4.69, 9.17) is 5.73 Å². The zero-order valence-electron chi connectivity index (χ0n) is 11.9. The summed E-state index contributed by atoms with van der Waals surface area (Å²) in [4.78, 5) is 0. The molecule has 2 unspecified atom stereocenters. The van der Waals surface area contributed by atoms with E-state index in [1.807, 2.05) is 28.9 Å². The van der Waals surface area contributed by atoms with Crippen LogP contribution >= 0.6 is 0 Å². The van der Waals surface area contributed by atoms with E-state index < -0.39 is 0 Å². The van der Waals surface area contributed by atoms with Gasteiger partial charge in [-0.1, -0.05) is 31.9 Å². The fraction of sp³-hybridized carbons (Fsp3) is 0.533. The highest BCUT2D eigenvalue weighted by Gasteiger charge is 2.22. The van der Waals surface area contributed by atoms with Gasteiger partial charge in [0.05, 0.1) is 6.04 Å². The van der Waals surface area contributed by atoms with Crippen LogP contribution in [0.2, 0.25) is 0 Å². The molecule has 1 aromatic carbocycles. The average Bonchev–Trinajstić information content (AvgIpc) is 2.82. The number of anilines is 1. The molecular formula is C15H21N5. The van der Waals surface area contributed by atoms with Gasteiger partial charge in [-0.3, -0.25) is 0 Å². The number of para-hydroxylation sites is 1. The van der Waals surface area contributed by atoms with Crippen molar-refractivity contribution in [2.75, 3.05) is 5.73 Å². The minimum atomic E-state index is 0.393. The van der Waals surface area contributed by atoms with Gasteiger partial charge in [-0.2, -0.15) is 0 Å². The number of nitrogen functional groups attached to an aromatic ring is 1. The number of hydrogen-bond donors (Lipinski definition) is 1. The minimum Gasteiger partial charge on any atom is -0.398 e. The molecule has 0 amide bonds. The number of aromatic nitrogens is 4. The predicted octanol–water partition coefficient (Wildman–Crippen LogP) is 3.06. The van der Waals surface area contributed by atoms with Gasteiger partial charge in [-0.25, -0.2) is 4.68 Å². The molecule has 1 fully saturated rings. The molecule has 1 heterocycles. The third-order valence-corrected chi connectivity index (χ3v) is 4.27. The van der Waals surface area contributed by atoms with Crippen LogP contribution in [0.4, 0.5) is 5.69 Å². The topological polar surface area (TPSA) is 69.6 Å². The number of tetrazole rings is 1. The zero-order valence-corrected chi connectivity index (χ0v) is 11.9. The molecule has 0 aliphatic heterocycles. The average molecular weight is 271 g/mol. The Bertz CT molecular complexity index is 577. The molecule has 5 heteroatoms. The standard InChI is InChI=1S/C15H21N5/c1-11-5-4-6-12(10-9-11)20-15(17-18-19-20)13-7-2-3-8-14(13)16/h2-3,7-8,11-12H,4-6,9-10,16H2,1H3. The summed E-state index contributed by atoms with van der Waals surface area (Å²) in [6, 6.07) is 8.17. The van der Waals surface area contributed by atoms with Crippen LogP contribution in [0.5, 0.6) is 0 Å². The van der Waals surface area contributed by atoms with Crippen molar-refractivity contribution in [3.8, 4) is 11.4 Å². The lowest BCUT2D eigenvalue weighted by atomic mass is 10.0. The van der Waals surface area contributed by atoms with Crippen LogP contribution in [-0.4, -0.2) is 20.2 Å². The van der Waals surface area contributed by atoms with Crippen molar-refractivity contribution in [2.45, 2.75) is 45.1 Å². The highest BCUT2D eigenvalue weighted by atomic mass is 15.5. The van der Waals surface area contributed by atoms with Crippen LogP contribution in [0, 0.1) is 5.92 Å². The summed E-state index contributed by atoms with van der Waals surface area (Å²) >= 11 is 0. The molecule has 1 aromatic heterocycles. The van der Waals surface area contributed by atoms with E-state index in [1.54, 1.807) is 0 Å². The third-order valence-electron chi connectivity index (χ3n) is 4.27. The predicted molar refractivity (Wildman–Crippen MR) is 79.0 cm³/mol. The molecule has 0 radical (unpaired) electrons. The molecule has 3 rings (SSSR count). The summed E-state index contributed by atoms with van der Waals surface area (Å²) in [7, 11) is 0. The van der Waals surface area contributed by atoms with Gasteiger partial charge in [0.1, 0.15) is 0 Å². The minimum absolute atomic E-state index is 0.393. The molecule has 0 saturated heterocycles. The number of nitrogens with two attached hydrogens (primary N) is 1. The summed E-state index contributed by atoms with van der Waals surface area (Å²) in [6.45, 7) is 2.33. The van der Waals surface area contributed by atoms with Crippen molar-refractivity contribution in [2.24, 2.45) is 5.92 Å². The van der Waals surface area contributed by atoms with Crippen molar-refractivity contribution in [3.63, 3.8) is 0 Å². The summed E-state index contributed by atoms with van der Waals surface area (Å²) < 4.78 is 1.98. The SMILES string of the molecule is CC1CCCC(n2nnnc2-c2ccccc2N)CC1. The van der Waals surface area contributed by atoms with Crippen LogP contribution in [0.25, 0.3) is 11.4 Å². The van der Waals surface area contributed by atoms with Gasteiger partial charge >= 0.3 is 0 Å². The number of nitrogens with zero attached hydrogens (tertiary/aromatic N) is 4. The van der Waals surface area contributed by atoms with Gasteiger partial charge in [0.2, 0.25) is 0 Å². The molecule has 20 heavy (non-hydrogen) atoms. The van der Waals surface area contributed by atoms with Crippen LogP contribution < -0.4 is 5.73 Å². The van der Waals surface area contributed by atoms with E-state index >= 15 is 0 Å². The van der Waals surface area contributed by atoms with Gasteiger partial charge in [0.15, 0.2) is 5.82 Å². The molecule has 2 N–H and O–H groups in total. The molecule has 0 bridgehead atoms. The Labute approximate surface area is 119 Å². The Morgan fingerprint density at radius 2 is 2.00 bits per heavy atom. The smallest absolute Gasteiger partial charge is 0.184 e. The molecule has 106 valence electrons. The maximum absolute atomic E-state index is 6.05. The second kappa shape index (κ2) is 5.61. The van der Waals surface area contributed by atoms with Crippen molar-refractivity contribution in [1.29, 1.82) is 0 Å². The van der Waals surface area contributed by atoms with E-state index in [0.717, 1.165) is 35.8 Å². The number of hydrogen-bond acceptors (Lipinski definition) is 4. The Morgan fingerprint density at radius 1 is 1.15 bits per heavy atom. The zero-order chi connectivity index (χ0) is 13.9. The molecule has 2 atom stereocenters. The Hall–Kier alpha value is -1.91. The maximum atomic E-state index is 6.05. The van der Waals surface area contributed by atoms with Gasteiger partial charge in [0.25, 0.3) is 0 Å². The fourth-order valence-corrected chi connectivity index (χ4v) is 3.03. The monoisotopic (exact) mass is 271 g/mol. The first-order chi connectivity index (χ1) is 9.75. The third kappa shape index (κ3) is 2.53. The maximum Gasteiger partial charge on any atom is 0.184 e. The Morgan fingerprint density at radius 3 is 2.85 bits per heavy atom. The van der Waals surface area contributed by atoms with Crippen molar-refractivity contribution < 1.29 is 0 Å². The van der Waals surface area contributed by atoms with E-state index in [-0.39, 0.29) is 0 Å². The van der Waals surface area contributed by atoms with Crippen molar-refractivity contribution >= 4 is 5.69 Å². The first-order valence-corrected chi connectivity index (χ1v) is 7.38. The lowest BCUT2D eigenvalue weighted by molar-refractivity contribution is 0.394. The quantitative estimate of drug-likeness (QED) is 0.673. The summed E-state index contributed by atoms with van der Waals surface area (Å²) in [6.07, 6.45) is 6.09. The van der Waals surface area contributed by atoms with E-state index in [1.165, 1.54) is 19.3 Å². The van der Waals surface area contributed by atoms with Crippen LogP contribution in [-0.2, 0) is 0 Å². The molecule has 1 saturated carbocycles. The Balaban J connectivity index is 1.92. The molecule has 2 aromatic rings. The molecule has 5 nitrogen and oxygen atoms in total. The van der Waals surface area contributed by atoms with Crippen LogP contribution in [0.3, 0.4) is 0 Å². The van der Waals surface area contributed by atoms with Gasteiger partial charge in [0, 0.05) is 11.3 Å². The largest absolute Gasteiger partial charge is 0.398 e. The fourth-order valence-electron chi connectivity index (χ4n) is 3.03. The van der Waals surface area contributed by atoms with Gasteiger partial charge in [-0.05, 0) is 47.7 Å².